The van der Waals surface area contributed by atoms with Crippen LogP contribution in [-0.4, -0.2) is 27.4 Å². The van der Waals surface area contributed by atoms with E-state index in [1.165, 1.54) is 0 Å². The minimum atomic E-state index is -5.01. The molecule has 0 aromatic heterocycles. The highest BCUT2D eigenvalue weighted by atomic mass is 32.2. The first kappa shape index (κ1) is 20.8. The van der Waals surface area contributed by atoms with Crippen molar-refractivity contribution in [2.45, 2.75) is 17.5 Å². The topological polar surface area (TPSA) is 75.3 Å². The molecule has 2 rings (SSSR count). The van der Waals surface area contributed by atoms with Gasteiger partial charge >= 0.3 is 6.18 Å². The first-order valence-corrected chi connectivity index (χ1v) is 9.25. The second kappa shape index (κ2) is 8.49. The quantitative estimate of drug-likeness (QED) is 0.550. The lowest BCUT2D eigenvalue weighted by Gasteiger charge is -2.11. The normalized spacial score (nSPS) is 12.0. The summed E-state index contributed by atoms with van der Waals surface area (Å²) in [5.74, 6) is -1.89. The van der Waals surface area contributed by atoms with Gasteiger partial charge in [0.05, 0.1) is 16.9 Å². The third-order valence-corrected chi connectivity index (χ3v) is 4.96. The molecule has 0 aliphatic rings. The van der Waals surface area contributed by atoms with Crippen LogP contribution in [0.3, 0.4) is 0 Å². The van der Waals surface area contributed by atoms with Gasteiger partial charge in [-0.2, -0.15) is 13.2 Å². The summed E-state index contributed by atoms with van der Waals surface area (Å²) in [7, 11) is -4.28. The van der Waals surface area contributed by atoms with Gasteiger partial charge in [-0.15, -0.1) is 0 Å². The van der Waals surface area contributed by atoms with Gasteiger partial charge in [0.1, 0.15) is 5.82 Å². The number of rotatable bonds is 7. The SMILES string of the molecule is O=C(Cc1ccccc1)NCCNS(=O)(=O)c1ccc(F)c(C(F)(F)F)c1. The lowest BCUT2D eigenvalue weighted by atomic mass is 10.1. The average molecular weight is 404 g/mol. The van der Waals surface area contributed by atoms with Crippen LogP contribution in [0.1, 0.15) is 11.1 Å². The van der Waals surface area contributed by atoms with Crippen molar-refractivity contribution in [2.24, 2.45) is 0 Å². The molecule has 1 amide bonds. The van der Waals surface area contributed by atoms with Gasteiger partial charge in [0.25, 0.3) is 0 Å². The predicted molar refractivity (Wildman–Crippen MR) is 89.7 cm³/mol. The zero-order valence-corrected chi connectivity index (χ0v) is 14.7. The van der Waals surface area contributed by atoms with E-state index in [1.807, 2.05) is 0 Å². The van der Waals surface area contributed by atoms with Crippen LogP contribution in [0.25, 0.3) is 0 Å². The molecule has 0 aliphatic heterocycles. The molecular formula is C17H16F4N2O3S. The number of alkyl halides is 3. The highest BCUT2D eigenvalue weighted by Crippen LogP contribution is 2.32. The molecular weight excluding hydrogens is 388 g/mol. The van der Waals surface area contributed by atoms with Crippen molar-refractivity contribution in [2.75, 3.05) is 13.1 Å². The Morgan fingerprint density at radius 1 is 1.00 bits per heavy atom. The number of benzene rings is 2. The summed E-state index contributed by atoms with van der Waals surface area (Å²) >= 11 is 0. The van der Waals surface area contributed by atoms with Gasteiger partial charge in [-0.05, 0) is 23.8 Å². The van der Waals surface area contributed by atoms with Gasteiger partial charge in [0, 0.05) is 13.1 Å². The number of sulfonamides is 1. The van der Waals surface area contributed by atoms with Gasteiger partial charge in [-0.3, -0.25) is 4.79 Å². The van der Waals surface area contributed by atoms with Gasteiger partial charge in [0.2, 0.25) is 15.9 Å². The van der Waals surface area contributed by atoms with E-state index in [1.54, 1.807) is 30.3 Å². The van der Waals surface area contributed by atoms with Crippen LogP contribution in [0, 0.1) is 5.82 Å². The third-order valence-electron chi connectivity index (χ3n) is 3.50. The van der Waals surface area contributed by atoms with Crippen LogP contribution in [0.5, 0.6) is 0 Å². The summed E-state index contributed by atoms with van der Waals surface area (Å²) in [5, 5.41) is 2.49. The molecule has 0 fully saturated rings. The highest BCUT2D eigenvalue weighted by molar-refractivity contribution is 7.89. The number of amides is 1. The van der Waals surface area contributed by atoms with Crippen LogP contribution in [0.15, 0.2) is 53.4 Å². The second-order valence-electron chi connectivity index (χ2n) is 5.55. The molecule has 0 heterocycles. The van der Waals surface area contributed by atoms with Gasteiger partial charge in [-0.1, -0.05) is 30.3 Å². The molecule has 5 nitrogen and oxygen atoms in total. The molecule has 0 unspecified atom stereocenters. The number of nitrogens with one attached hydrogen (secondary N) is 2. The fourth-order valence-electron chi connectivity index (χ4n) is 2.20. The Kier molecular flexibility index (Phi) is 6.55. The van der Waals surface area contributed by atoms with Gasteiger partial charge in [-0.25, -0.2) is 17.5 Å². The number of hydrogen-bond acceptors (Lipinski definition) is 3. The molecule has 2 N–H and O–H groups in total. The fourth-order valence-corrected chi connectivity index (χ4v) is 3.26. The highest BCUT2D eigenvalue weighted by Gasteiger charge is 2.35. The summed E-state index contributed by atoms with van der Waals surface area (Å²) in [5.41, 5.74) is -0.886. The van der Waals surface area contributed by atoms with Crippen LogP contribution < -0.4 is 10.0 Å². The molecule has 10 heteroatoms. The molecule has 2 aromatic rings. The monoisotopic (exact) mass is 404 g/mol. The van der Waals surface area contributed by atoms with E-state index in [0.717, 1.165) is 11.6 Å². The second-order valence-corrected chi connectivity index (χ2v) is 7.32. The molecule has 27 heavy (non-hydrogen) atoms. The van der Waals surface area contributed by atoms with Crippen molar-refractivity contribution in [1.82, 2.24) is 10.0 Å². The Labute approximate surface area is 153 Å². The summed E-state index contributed by atoms with van der Waals surface area (Å²) in [6, 6.07) is 10.3. The summed E-state index contributed by atoms with van der Waals surface area (Å²) in [4.78, 5) is 11.0. The molecule has 0 aliphatic carbocycles. The average Bonchev–Trinajstić information content (AvgIpc) is 2.59. The first-order valence-electron chi connectivity index (χ1n) is 7.76. The summed E-state index contributed by atoms with van der Waals surface area (Å²) in [6.45, 7) is -0.292. The van der Waals surface area contributed by atoms with Crippen molar-refractivity contribution < 1.29 is 30.8 Å². The Bertz CT molecular complexity index is 900. The van der Waals surface area contributed by atoms with Crippen molar-refractivity contribution >= 4 is 15.9 Å². The summed E-state index contributed by atoms with van der Waals surface area (Å²) in [6.07, 6.45) is -4.90. The molecule has 146 valence electrons. The summed E-state index contributed by atoms with van der Waals surface area (Å²) < 4.78 is 77.5. The molecule has 0 saturated carbocycles. The smallest absolute Gasteiger partial charge is 0.355 e. The van der Waals surface area contributed by atoms with E-state index < -0.39 is 32.5 Å². The minimum absolute atomic E-state index is 0.0573. The van der Waals surface area contributed by atoms with Crippen molar-refractivity contribution in [1.29, 1.82) is 0 Å². The number of carbonyl (C=O) groups is 1. The van der Waals surface area contributed by atoms with E-state index in [-0.39, 0.29) is 31.5 Å². The molecule has 0 atom stereocenters. The maximum absolute atomic E-state index is 13.2. The zero-order chi connectivity index (χ0) is 20.1. The Hall–Kier alpha value is -2.46. The van der Waals surface area contributed by atoms with E-state index in [0.29, 0.717) is 6.07 Å². The molecule has 0 spiro atoms. The Morgan fingerprint density at radius 2 is 1.67 bits per heavy atom. The lowest BCUT2D eigenvalue weighted by molar-refractivity contribution is -0.140. The Balaban J connectivity index is 1.91. The van der Waals surface area contributed by atoms with Crippen LogP contribution in [0.4, 0.5) is 17.6 Å². The van der Waals surface area contributed by atoms with E-state index in [2.05, 4.69) is 10.0 Å². The largest absolute Gasteiger partial charge is 0.419 e. The van der Waals surface area contributed by atoms with Gasteiger partial charge in [0.15, 0.2) is 0 Å². The van der Waals surface area contributed by atoms with Crippen molar-refractivity contribution in [3.8, 4) is 0 Å². The fraction of sp³-hybridized carbons (Fsp3) is 0.235. The molecule has 2 aromatic carbocycles. The van der Waals surface area contributed by atoms with Crippen LogP contribution >= 0.6 is 0 Å². The maximum Gasteiger partial charge on any atom is 0.419 e. The lowest BCUT2D eigenvalue weighted by Crippen LogP contribution is -2.35. The molecule has 0 saturated heterocycles. The third kappa shape index (κ3) is 6.04. The van der Waals surface area contributed by atoms with Crippen LogP contribution in [0.2, 0.25) is 0 Å². The number of carbonyl (C=O) groups excluding carboxylic acids is 1. The van der Waals surface area contributed by atoms with E-state index >= 15 is 0 Å². The predicted octanol–water partition coefficient (Wildman–Crippen LogP) is 2.48. The minimum Gasteiger partial charge on any atom is -0.355 e. The number of halogens is 4. The number of hydrogen-bond donors (Lipinski definition) is 2. The standard InChI is InChI=1S/C17H16F4N2O3S/c18-15-7-6-13(11-14(15)17(19,20)21)27(25,26)23-9-8-22-16(24)10-12-4-2-1-3-5-12/h1-7,11,23H,8-10H2,(H,22,24). The van der Waals surface area contributed by atoms with Crippen molar-refractivity contribution in [3.05, 3.63) is 65.5 Å². The van der Waals surface area contributed by atoms with E-state index in [4.69, 9.17) is 0 Å². The van der Waals surface area contributed by atoms with Gasteiger partial charge < -0.3 is 5.32 Å². The zero-order valence-electron chi connectivity index (χ0n) is 13.9. The molecule has 0 radical (unpaired) electrons. The maximum atomic E-state index is 13.2. The first-order chi connectivity index (χ1) is 12.6. The van der Waals surface area contributed by atoms with Crippen LogP contribution in [-0.2, 0) is 27.4 Å². The van der Waals surface area contributed by atoms with E-state index in [9.17, 15) is 30.8 Å². The molecule has 0 bridgehead atoms. The Morgan fingerprint density at radius 3 is 2.30 bits per heavy atom. The van der Waals surface area contributed by atoms with Crippen molar-refractivity contribution in [3.63, 3.8) is 0 Å².